The first-order chi connectivity index (χ1) is 9.72. The number of hydrogen-bond donors (Lipinski definition) is 1. The summed E-state index contributed by atoms with van der Waals surface area (Å²) in [5.41, 5.74) is 3.94. The second-order valence-electron chi connectivity index (χ2n) is 4.43. The predicted molar refractivity (Wildman–Crippen MR) is 81.1 cm³/mol. The van der Waals surface area contributed by atoms with E-state index >= 15 is 0 Å². The van der Waals surface area contributed by atoms with E-state index < -0.39 is 0 Å². The van der Waals surface area contributed by atoms with Gasteiger partial charge in [0.15, 0.2) is 0 Å². The van der Waals surface area contributed by atoms with E-state index in [0.29, 0.717) is 16.5 Å². The van der Waals surface area contributed by atoms with E-state index in [0.717, 1.165) is 22.5 Å². The number of pyridine rings is 1. The molecule has 0 aliphatic rings. The van der Waals surface area contributed by atoms with Crippen LogP contribution in [0, 0.1) is 0 Å². The molecule has 5 heteroatoms. The molecule has 0 bridgehead atoms. The van der Waals surface area contributed by atoms with Gasteiger partial charge in [-0.2, -0.15) is 5.10 Å². The summed E-state index contributed by atoms with van der Waals surface area (Å²) in [5, 5.41) is 8.64. The highest BCUT2D eigenvalue weighted by Gasteiger charge is 2.07. The summed E-state index contributed by atoms with van der Waals surface area (Å²) in [7, 11) is 0. The predicted octanol–water partition coefficient (Wildman–Crippen LogP) is 4.37. The van der Waals surface area contributed by atoms with E-state index in [1.807, 2.05) is 30.3 Å². The lowest BCUT2D eigenvalue weighted by Gasteiger charge is -2.02. The van der Waals surface area contributed by atoms with Crippen LogP contribution in [0.5, 0.6) is 0 Å². The van der Waals surface area contributed by atoms with Crippen molar-refractivity contribution in [3.63, 3.8) is 0 Å². The monoisotopic (exact) mass is 303 g/mol. The van der Waals surface area contributed by atoms with Crippen molar-refractivity contribution in [2.24, 2.45) is 0 Å². The Morgan fingerprint density at radius 1 is 1.00 bits per heavy atom. The minimum atomic E-state index is 0.640. The van der Waals surface area contributed by atoms with Crippen LogP contribution < -0.4 is 0 Å². The largest absolute Gasteiger partial charge is 0.282 e. The van der Waals surface area contributed by atoms with Gasteiger partial charge in [-0.3, -0.25) is 10.1 Å². The van der Waals surface area contributed by atoms with Crippen LogP contribution in [0.4, 0.5) is 0 Å². The van der Waals surface area contributed by atoms with E-state index in [1.165, 1.54) is 0 Å². The number of hydrogen-bond acceptors (Lipinski definition) is 2. The molecule has 0 radical (unpaired) electrons. The van der Waals surface area contributed by atoms with Gasteiger partial charge < -0.3 is 0 Å². The van der Waals surface area contributed by atoms with Gasteiger partial charge in [-0.1, -0.05) is 29.3 Å². The number of nitrogens with zero attached hydrogens (tertiary/aromatic N) is 2. The molecule has 3 rings (SSSR count). The second-order valence-corrected chi connectivity index (χ2v) is 5.27. The number of rotatable bonds is 3. The topological polar surface area (TPSA) is 41.6 Å². The second kappa shape index (κ2) is 5.65. The molecule has 0 aliphatic carbocycles. The first-order valence-electron chi connectivity index (χ1n) is 6.11. The van der Waals surface area contributed by atoms with Gasteiger partial charge in [-0.25, -0.2) is 0 Å². The lowest BCUT2D eigenvalue weighted by atomic mass is 10.1. The van der Waals surface area contributed by atoms with E-state index in [9.17, 15) is 0 Å². The maximum Gasteiger partial charge on any atom is 0.0924 e. The van der Waals surface area contributed by atoms with Gasteiger partial charge in [-0.15, -0.1) is 0 Å². The summed E-state index contributed by atoms with van der Waals surface area (Å²) < 4.78 is 0. The molecule has 0 atom stereocenters. The molecule has 1 N–H and O–H groups in total. The van der Waals surface area contributed by atoms with Crippen LogP contribution >= 0.6 is 23.2 Å². The van der Waals surface area contributed by atoms with Crippen LogP contribution in [0.2, 0.25) is 10.0 Å². The van der Waals surface area contributed by atoms with Crippen molar-refractivity contribution in [2.75, 3.05) is 0 Å². The molecular weight excluding hydrogens is 293 g/mol. The number of nitrogens with one attached hydrogen (secondary N) is 1. The molecular formula is C15H11Cl2N3. The van der Waals surface area contributed by atoms with Crippen molar-refractivity contribution in [3.8, 4) is 11.3 Å². The number of aromatic amines is 1. The fraction of sp³-hybridized carbons (Fsp3) is 0.0667. The Morgan fingerprint density at radius 3 is 2.55 bits per heavy atom. The molecule has 0 aliphatic heterocycles. The average Bonchev–Trinajstić information content (AvgIpc) is 2.92. The standard InChI is InChI=1S/C15H11Cl2N3/c16-12-2-1-11(14(17)8-12)7-13-9-15(20-19-13)10-3-5-18-6-4-10/h1-6,8-9H,7H2,(H,19,20). The van der Waals surface area contributed by atoms with Gasteiger partial charge in [0.2, 0.25) is 0 Å². The van der Waals surface area contributed by atoms with Crippen LogP contribution in [0.3, 0.4) is 0 Å². The number of aromatic nitrogens is 3. The highest BCUT2D eigenvalue weighted by Crippen LogP contribution is 2.24. The molecule has 0 saturated heterocycles. The van der Waals surface area contributed by atoms with Crippen molar-refractivity contribution in [1.82, 2.24) is 15.2 Å². The third-order valence-corrected chi connectivity index (χ3v) is 3.59. The van der Waals surface area contributed by atoms with Crippen molar-refractivity contribution in [2.45, 2.75) is 6.42 Å². The summed E-state index contributed by atoms with van der Waals surface area (Å²) >= 11 is 12.1. The highest BCUT2D eigenvalue weighted by atomic mass is 35.5. The first-order valence-corrected chi connectivity index (χ1v) is 6.86. The zero-order valence-electron chi connectivity index (χ0n) is 10.5. The van der Waals surface area contributed by atoms with E-state index in [2.05, 4.69) is 15.2 Å². The smallest absolute Gasteiger partial charge is 0.0924 e. The van der Waals surface area contributed by atoms with Gasteiger partial charge in [0, 0.05) is 40.1 Å². The normalized spacial score (nSPS) is 10.7. The Morgan fingerprint density at radius 2 is 1.80 bits per heavy atom. The molecule has 3 nitrogen and oxygen atoms in total. The van der Waals surface area contributed by atoms with Crippen molar-refractivity contribution in [3.05, 3.63) is 70.1 Å². The average molecular weight is 304 g/mol. The molecule has 2 heterocycles. The summed E-state index contributed by atoms with van der Waals surface area (Å²) in [6, 6.07) is 11.4. The summed E-state index contributed by atoms with van der Waals surface area (Å²) in [4.78, 5) is 4.00. The van der Waals surface area contributed by atoms with Crippen molar-refractivity contribution in [1.29, 1.82) is 0 Å². The lowest BCUT2D eigenvalue weighted by molar-refractivity contribution is 0.998. The molecule has 0 fully saturated rings. The Kier molecular flexibility index (Phi) is 3.72. The molecule has 0 spiro atoms. The maximum absolute atomic E-state index is 6.18. The maximum atomic E-state index is 6.18. The molecule has 3 aromatic rings. The summed E-state index contributed by atoms with van der Waals surface area (Å²) in [5.74, 6) is 0. The minimum absolute atomic E-state index is 0.640. The number of H-pyrrole nitrogens is 1. The van der Waals surface area contributed by atoms with Gasteiger partial charge in [0.1, 0.15) is 0 Å². The van der Waals surface area contributed by atoms with E-state index in [1.54, 1.807) is 18.5 Å². The molecule has 20 heavy (non-hydrogen) atoms. The quantitative estimate of drug-likeness (QED) is 0.780. The number of benzene rings is 1. The fourth-order valence-corrected chi connectivity index (χ4v) is 2.47. The molecule has 2 aromatic heterocycles. The lowest BCUT2D eigenvalue weighted by Crippen LogP contribution is -1.89. The van der Waals surface area contributed by atoms with Crippen molar-refractivity contribution >= 4 is 23.2 Å². The first kappa shape index (κ1) is 13.2. The van der Waals surface area contributed by atoms with Gasteiger partial charge in [-0.05, 0) is 35.9 Å². The Balaban J connectivity index is 1.84. The summed E-state index contributed by atoms with van der Waals surface area (Å²) in [6.07, 6.45) is 4.19. The highest BCUT2D eigenvalue weighted by molar-refractivity contribution is 6.35. The fourth-order valence-electron chi connectivity index (χ4n) is 1.99. The van der Waals surface area contributed by atoms with E-state index in [-0.39, 0.29) is 0 Å². The summed E-state index contributed by atoms with van der Waals surface area (Å²) in [6.45, 7) is 0. The Hall–Kier alpha value is -1.84. The Labute approximate surface area is 126 Å². The SMILES string of the molecule is Clc1ccc(Cc2cc(-c3ccncc3)n[nH]2)c(Cl)c1. The van der Waals surface area contributed by atoms with Crippen LogP contribution in [0.15, 0.2) is 48.8 Å². The minimum Gasteiger partial charge on any atom is -0.282 e. The zero-order chi connectivity index (χ0) is 13.9. The molecule has 1 aromatic carbocycles. The molecule has 0 unspecified atom stereocenters. The zero-order valence-corrected chi connectivity index (χ0v) is 12.0. The van der Waals surface area contributed by atoms with E-state index in [4.69, 9.17) is 23.2 Å². The van der Waals surface area contributed by atoms with Crippen LogP contribution in [0.25, 0.3) is 11.3 Å². The molecule has 100 valence electrons. The van der Waals surface area contributed by atoms with Crippen molar-refractivity contribution < 1.29 is 0 Å². The molecule has 0 amide bonds. The Bertz CT molecular complexity index is 723. The third kappa shape index (κ3) is 2.84. The number of halogens is 2. The van der Waals surface area contributed by atoms with Gasteiger partial charge in [0.05, 0.1) is 5.69 Å². The van der Waals surface area contributed by atoms with Gasteiger partial charge >= 0.3 is 0 Å². The van der Waals surface area contributed by atoms with Gasteiger partial charge in [0.25, 0.3) is 0 Å². The molecule has 0 saturated carbocycles. The van der Waals surface area contributed by atoms with Crippen LogP contribution in [-0.2, 0) is 6.42 Å². The third-order valence-electron chi connectivity index (χ3n) is 3.00. The van der Waals surface area contributed by atoms with Crippen LogP contribution in [0.1, 0.15) is 11.3 Å². The van der Waals surface area contributed by atoms with Crippen LogP contribution in [-0.4, -0.2) is 15.2 Å².